The maximum atomic E-state index is 13.8. The molecule has 29 heteroatoms. The number of piperidine rings is 2. The van der Waals surface area contributed by atoms with Crippen LogP contribution in [-0.2, 0) is 11.2 Å². The normalized spacial score (nSPS) is 12.9. The van der Waals surface area contributed by atoms with Crippen LogP contribution in [0.25, 0.3) is 0 Å². The molecule has 120 heavy (non-hydrogen) atoms. The number of hydrogen-bond donors (Lipinski definition) is 6. The Labute approximate surface area is 765 Å². The minimum atomic E-state index is -1.16. The molecule has 5 aliphatic rings. The van der Waals surface area contributed by atoms with Crippen LogP contribution in [0.15, 0.2) is 319 Å². The number of rotatable bonds is 7. The molecule has 5 heterocycles. The zero-order chi connectivity index (χ0) is 84.2. The molecule has 0 spiro atoms. The number of nitrogens with one attached hydrogen (secondary N) is 1. The summed E-state index contributed by atoms with van der Waals surface area (Å²) < 4.78 is 96.1. The molecular formula is C91H80ClF7KN7O7S6. The van der Waals surface area contributed by atoms with Gasteiger partial charge in [-0.05, 0) is 234 Å². The molecule has 0 radical (unpaired) electrons. The van der Waals surface area contributed by atoms with E-state index in [9.17, 15) is 49.9 Å². The number of benzene rings is 12. The first-order valence-corrected chi connectivity index (χ1v) is 41.8. The Hall–Kier alpha value is -9.08. The first-order valence-electron chi connectivity index (χ1n) is 36.9. The number of hydrogen-bond acceptors (Lipinski definition) is 19. The number of ether oxygens (including phenoxy) is 1. The second-order valence-corrected chi connectivity index (χ2v) is 32.4. The number of ketones is 2. The topological polar surface area (TPSA) is 246 Å². The van der Waals surface area contributed by atoms with Crippen molar-refractivity contribution in [2.75, 3.05) is 50.5 Å². The number of carboxylic acids is 1. The zero-order valence-electron chi connectivity index (χ0n) is 65.0. The van der Waals surface area contributed by atoms with Crippen molar-refractivity contribution in [3.05, 3.63) is 334 Å². The van der Waals surface area contributed by atoms with Gasteiger partial charge in [0.15, 0.2) is 11.6 Å². The van der Waals surface area contributed by atoms with E-state index in [0.717, 1.165) is 122 Å². The maximum absolute atomic E-state index is 13.8. The van der Waals surface area contributed by atoms with Crippen LogP contribution in [0.1, 0.15) is 104 Å². The molecule has 5 aliphatic heterocycles. The number of carbonyl (C=O) groups is 4. The summed E-state index contributed by atoms with van der Waals surface area (Å²) in [6.45, 7) is 5.70. The number of para-hydroxylation sites is 5. The smallest absolute Gasteiger partial charge is 0.870 e. The van der Waals surface area contributed by atoms with Crippen molar-refractivity contribution in [1.29, 1.82) is 0 Å². The fraction of sp³-hybridized carbons (Fsp3) is 0.143. The first kappa shape index (κ1) is 96.4. The number of nitrogens with zero attached hydrogens (tertiary/aromatic N) is 3. The van der Waals surface area contributed by atoms with E-state index in [1.807, 2.05) is 121 Å². The fourth-order valence-electron chi connectivity index (χ4n) is 11.7. The summed E-state index contributed by atoms with van der Waals surface area (Å²) in [5.41, 5.74) is 23.8. The molecule has 0 aliphatic carbocycles. The van der Waals surface area contributed by atoms with Crippen LogP contribution in [-0.4, -0.2) is 83.3 Å². The summed E-state index contributed by atoms with van der Waals surface area (Å²) in [6, 6.07) is 70.0. The number of carbonyl (C=O) groups excluding carboxylic acids is 3. The minimum Gasteiger partial charge on any atom is -0.870 e. The Kier molecular flexibility index (Phi) is 39.0. The molecule has 12 aromatic carbocycles. The predicted octanol–water partition coefficient (Wildman–Crippen LogP) is 21.1. The number of thiol groups is 1. The van der Waals surface area contributed by atoms with Gasteiger partial charge in [0.2, 0.25) is 0 Å². The molecule has 0 amide bonds. The van der Waals surface area contributed by atoms with E-state index >= 15 is 0 Å². The van der Waals surface area contributed by atoms with Gasteiger partial charge in [0.05, 0.1) is 35.2 Å². The third-order valence-electron chi connectivity index (χ3n) is 17.7. The molecule has 12 aromatic rings. The third-order valence-corrected chi connectivity index (χ3v) is 24.2. The molecule has 2 fully saturated rings. The molecule has 2 saturated heterocycles. The van der Waals surface area contributed by atoms with Crippen LogP contribution in [0, 0.1) is 40.7 Å². The van der Waals surface area contributed by atoms with Crippen molar-refractivity contribution >= 4 is 146 Å². The number of aliphatic imine (C=N–C) groups is 2. The third kappa shape index (κ3) is 28.5. The van der Waals surface area contributed by atoms with Crippen molar-refractivity contribution in [2.45, 2.75) is 106 Å². The number of methoxy groups -OCH3 is 1. The average molecular weight is 1780 g/mol. The van der Waals surface area contributed by atoms with E-state index in [2.05, 4.69) is 38.6 Å². The molecule has 0 bridgehead atoms. The second-order valence-electron chi connectivity index (χ2n) is 26.2. The monoisotopic (exact) mass is 1780 g/mol. The van der Waals surface area contributed by atoms with E-state index in [4.69, 9.17) is 38.9 Å². The van der Waals surface area contributed by atoms with E-state index < -0.39 is 41.0 Å². The first-order chi connectivity index (χ1) is 56.9. The molecule has 17 rings (SSSR count). The molecule has 0 aromatic heterocycles. The average Bonchev–Trinajstić information content (AvgIpc) is 1.64. The van der Waals surface area contributed by atoms with Gasteiger partial charge in [-0.15, -0.1) is 12.6 Å². The standard InChI is InChI=1S/C18H17FN2S.C14H12FNO2S.C14H9FOS.C13H7ClFNS.C13H10FNO2S.C8H6F2O.C6H7NS.C5H11N.K.H2O/c19-13-8-9-16-14(12-13)18(21-10-4-1-5-11-21)20-15-6-2-3-7-17(15)22-16;1-18-14(17)10-8-9(15)6-7-12(10)19-13-5-3-2-4-11(13)16;15-10-5-6-14-11(8-10)12(16)7-9-3-1-2-4-13(9)17-14;14-13-9-7-8(15)5-6-11(9)17-12-4-2-1-3-10(12)16-13;14-8-5-6-11(9(7-8)13(16)17)18-12-4-2-1-3-10(12)15;1-5(11)7-4-6(9)2-3-8(7)10;7-5-3-1-2-4-6(5)8;1-2-4-6-5-3-1;;/h2-3,6-9,12H,1,4-5,10-11H2;2-8H,16H2,1H3;1-6,8H,7H2;1-7H;1-7H,15H2,(H,16,17);2-4H,1H3;1-4,8H,7H2;6H,1-5H2;;1H2/q;;;;;;;;+1;/p-1. The minimum absolute atomic E-state index is 0. The molecular weight excluding hydrogens is 1700 g/mol. The number of halogens is 8. The number of amidine groups is 1. The number of anilines is 3. The van der Waals surface area contributed by atoms with Crippen molar-refractivity contribution in [2.24, 2.45) is 9.98 Å². The predicted molar refractivity (Wildman–Crippen MR) is 467 cm³/mol. The Balaban J connectivity index is 0.000000174. The van der Waals surface area contributed by atoms with E-state index in [-0.39, 0.29) is 96.8 Å². The largest absolute Gasteiger partial charge is 1.00 e. The SMILES string of the molecule is C1CCNCC1.CC(=O)c1cc(F)ccc1F.COC(=O)c1cc(F)ccc1Sc1ccccc1N.Fc1ccc2c(c1)C(Cl)=Nc1ccccc1S2.Fc1ccc2c(c1)C(N1CCCCC1)=Nc1ccccc1S2.Nc1ccccc1S.Nc1ccccc1Sc1ccc(F)cc1C(=O)O.O=C1Cc2ccccc2Sc2ccc(F)cc21.[K+].[OH-]. The Morgan fingerprint density at radius 2 is 0.892 bits per heavy atom. The van der Waals surface area contributed by atoms with E-state index in [1.54, 1.807) is 72.1 Å². The van der Waals surface area contributed by atoms with Crippen molar-refractivity contribution in [1.82, 2.24) is 10.2 Å². The van der Waals surface area contributed by atoms with Crippen LogP contribution < -0.4 is 73.9 Å². The summed E-state index contributed by atoms with van der Waals surface area (Å²) in [5, 5.41) is 12.6. The fourth-order valence-corrected chi connectivity index (χ4v) is 17.2. The maximum Gasteiger partial charge on any atom is 1.00 e. The van der Waals surface area contributed by atoms with Gasteiger partial charge in [-0.2, -0.15) is 0 Å². The van der Waals surface area contributed by atoms with Crippen LogP contribution in [0.5, 0.6) is 0 Å². The number of esters is 1. The van der Waals surface area contributed by atoms with Gasteiger partial charge in [0.1, 0.15) is 51.7 Å². The van der Waals surface area contributed by atoms with Gasteiger partial charge in [-0.3, -0.25) is 9.59 Å². The van der Waals surface area contributed by atoms with Crippen LogP contribution in [0.3, 0.4) is 0 Å². The quantitative estimate of drug-likeness (QED) is 0.0217. The number of aromatic carboxylic acids is 1. The van der Waals surface area contributed by atoms with Crippen LogP contribution in [0.2, 0.25) is 0 Å². The molecule has 0 unspecified atom stereocenters. The van der Waals surface area contributed by atoms with Crippen molar-refractivity contribution in [3.8, 4) is 0 Å². The van der Waals surface area contributed by atoms with Gasteiger partial charge in [0, 0.05) is 107 Å². The van der Waals surface area contributed by atoms with Gasteiger partial charge >= 0.3 is 63.3 Å². The summed E-state index contributed by atoms with van der Waals surface area (Å²) in [6.07, 6.45) is 8.19. The summed E-state index contributed by atoms with van der Waals surface area (Å²) in [4.78, 5) is 66.4. The Morgan fingerprint density at radius 3 is 1.38 bits per heavy atom. The number of Topliss-reactive ketones (excluding diaryl/α,β-unsaturated/α-hetero) is 2. The van der Waals surface area contributed by atoms with Crippen molar-refractivity contribution < 1.29 is 117 Å². The molecule has 614 valence electrons. The second kappa shape index (κ2) is 48.5. The van der Waals surface area contributed by atoms with Crippen LogP contribution in [0.4, 0.5) is 59.2 Å². The van der Waals surface area contributed by atoms with E-state index in [0.29, 0.717) is 43.9 Å². The number of carboxylic acid groups (broad SMARTS) is 1. The van der Waals surface area contributed by atoms with Crippen molar-refractivity contribution in [3.63, 3.8) is 0 Å². The molecule has 14 nitrogen and oxygen atoms in total. The number of fused-ring (bicyclic) bond motifs is 6. The summed E-state index contributed by atoms with van der Waals surface area (Å²) >= 11 is 17.5. The molecule has 0 atom stereocenters. The summed E-state index contributed by atoms with van der Waals surface area (Å²) in [5.74, 6) is -4.49. The molecule has 9 N–H and O–H groups in total. The Bertz CT molecular complexity index is 5600. The van der Waals surface area contributed by atoms with Gasteiger partial charge in [0.25, 0.3) is 0 Å². The van der Waals surface area contributed by atoms with Gasteiger partial charge in [-0.1, -0.05) is 156 Å². The number of nitrogens with two attached hydrogens (primary N) is 3. The zero-order valence-corrected chi connectivity index (χ0v) is 73.9. The van der Waals surface area contributed by atoms with E-state index in [1.165, 1.54) is 149 Å². The molecule has 0 saturated carbocycles. The van der Waals surface area contributed by atoms with Gasteiger partial charge < -0.3 is 42.7 Å². The summed E-state index contributed by atoms with van der Waals surface area (Å²) in [7, 11) is 1.26. The van der Waals surface area contributed by atoms with Crippen LogP contribution >= 0.6 is 83.0 Å². The Morgan fingerprint density at radius 1 is 0.475 bits per heavy atom. The van der Waals surface area contributed by atoms with Gasteiger partial charge in [-0.25, -0.2) is 50.3 Å². The number of likely N-dealkylation sites (tertiary alicyclic amines) is 1. The number of nitrogen functional groups attached to an aromatic ring is 3.